The third kappa shape index (κ3) is 4.16. The second-order valence-corrected chi connectivity index (χ2v) is 7.71. The molecule has 32 heavy (non-hydrogen) atoms. The van der Waals surface area contributed by atoms with Gasteiger partial charge in [0, 0.05) is 31.0 Å². The number of nitrogens with zero attached hydrogens (tertiary/aromatic N) is 2. The van der Waals surface area contributed by atoms with Gasteiger partial charge < -0.3 is 19.8 Å². The number of aromatic nitrogens is 3. The van der Waals surface area contributed by atoms with Crippen molar-refractivity contribution < 1.29 is 14.3 Å². The topological polar surface area (TPSA) is 98.2 Å². The molecule has 0 spiro atoms. The van der Waals surface area contributed by atoms with Gasteiger partial charge in [-0.15, -0.1) is 0 Å². The molecule has 2 N–H and O–H groups in total. The van der Waals surface area contributed by atoms with Crippen molar-refractivity contribution in [2.24, 2.45) is 0 Å². The number of benzene rings is 2. The van der Waals surface area contributed by atoms with Gasteiger partial charge in [0.1, 0.15) is 11.0 Å². The van der Waals surface area contributed by atoms with Gasteiger partial charge in [-0.05, 0) is 17.5 Å². The molecule has 166 valence electrons. The molecule has 0 bridgehead atoms. The molecule has 0 saturated heterocycles. The number of carbonyl (C=O) groups is 1. The summed E-state index contributed by atoms with van der Waals surface area (Å²) >= 11 is 0. The van der Waals surface area contributed by atoms with E-state index in [2.05, 4.69) is 22.2 Å². The van der Waals surface area contributed by atoms with Crippen molar-refractivity contribution in [1.82, 2.24) is 19.9 Å². The summed E-state index contributed by atoms with van der Waals surface area (Å²) in [5, 5.41) is 3.72. The van der Waals surface area contributed by atoms with Crippen LogP contribution in [0.1, 0.15) is 24.8 Å². The minimum absolute atomic E-state index is 0.106. The lowest BCUT2D eigenvalue weighted by Gasteiger charge is -2.13. The van der Waals surface area contributed by atoms with E-state index in [4.69, 9.17) is 9.47 Å². The van der Waals surface area contributed by atoms with Crippen molar-refractivity contribution in [3.05, 3.63) is 64.7 Å². The van der Waals surface area contributed by atoms with E-state index < -0.39 is 0 Å². The number of aromatic amines is 1. The zero-order valence-electron chi connectivity index (χ0n) is 18.3. The molecule has 0 aliphatic heterocycles. The molecular formula is C24H26N4O4. The summed E-state index contributed by atoms with van der Waals surface area (Å²) in [6.07, 6.45) is 1.67. The molecule has 0 aliphatic rings. The molecule has 4 rings (SSSR count). The van der Waals surface area contributed by atoms with Gasteiger partial charge in [0.15, 0.2) is 11.5 Å². The van der Waals surface area contributed by atoms with Crippen LogP contribution in [-0.2, 0) is 11.3 Å². The minimum Gasteiger partial charge on any atom is -0.493 e. The van der Waals surface area contributed by atoms with Gasteiger partial charge in [-0.3, -0.25) is 14.2 Å². The molecule has 0 radical (unpaired) electrons. The number of ether oxygens (including phenoxy) is 2. The number of H-pyrrole nitrogens is 1. The van der Waals surface area contributed by atoms with Gasteiger partial charge in [-0.1, -0.05) is 37.3 Å². The quantitative estimate of drug-likeness (QED) is 0.444. The van der Waals surface area contributed by atoms with E-state index >= 15 is 0 Å². The highest BCUT2D eigenvalue weighted by Crippen LogP contribution is 2.34. The fourth-order valence-electron chi connectivity index (χ4n) is 3.76. The predicted octanol–water partition coefficient (Wildman–Crippen LogP) is 3.21. The smallest absolute Gasteiger partial charge is 0.277 e. The van der Waals surface area contributed by atoms with E-state index in [-0.39, 0.29) is 30.3 Å². The summed E-state index contributed by atoms with van der Waals surface area (Å²) in [5.74, 6) is 1.23. The summed E-state index contributed by atoms with van der Waals surface area (Å²) in [6, 6.07) is 13.6. The maximum absolute atomic E-state index is 13.0. The molecule has 1 amide bonds. The van der Waals surface area contributed by atoms with Crippen molar-refractivity contribution in [2.45, 2.75) is 25.8 Å². The van der Waals surface area contributed by atoms with Crippen molar-refractivity contribution in [3.63, 3.8) is 0 Å². The Bertz CT molecular complexity index is 1310. The highest BCUT2D eigenvalue weighted by molar-refractivity contribution is 6.05. The van der Waals surface area contributed by atoms with E-state index in [9.17, 15) is 9.59 Å². The Kier molecular flexibility index (Phi) is 6.11. The van der Waals surface area contributed by atoms with Crippen LogP contribution in [0.2, 0.25) is 0 Å². The largest absolute Gasteiger partial charge is 0.493 e. The van der Waals surface area contributed by atoms with Gasteiger partial charge in [-0.2, -0.15) is 0 Å². The van der Waals surface area contributed by atoms with Crippen LogP contribution in [0.5, 0.6) is 11.5 Å². The van der Waals surface area contributed by atoms with Gasteiger partial charge in [0.25, 0.3) is 5.56 Å². The first kappa shape index (κ1) is 21.4. The standard InChI is InChI=1S/C24H26N4O4/c1-15(16-7-5-4-6-8-16)13-25-21(29)9-10-28-14-26-22-17-11-19(31-2)20(32-3)12-18(17)27-23(22)24(28)30/h4-8,11-12,14-15,27H,9-10,13H2,1-3H3,(H,25,29)/t15-/m0/s1. The molecule has 2 aromatic heterocycles. The molecule has 0 fully saturated rings. The molecule has 1 atom stereocenters. The zero-order chi connectivity index (χ0) is 22.7. The maximum Gasteiger partial charge on any atom is 0.277 e. The van der Waals surface area contributed by atoms with E-state index in [0.29, 0.717) is 29.1 Å². The van der Waals surface area contributed by atoms with Crippen molar-refractivity contribution >= 4 is 27.8 Å². The number of rotatable bonds is 8. The van der Waals surface area contributed by atoms with Crippen LogP contribution in [0.25, 0.3) is 21.9 Å². The van der Waals surface area contributed by atoms with Crippen LogP contribution < -0.4 is 20.3 Å². The Morgan fingerprint density at radius 3 is 2.59 bits per heavy atom. The summed E-state index contributed by atoms with van der Waals surface area (Å²) in [5.41, 5.74) is 2.62. The molecular weight excluding hydrogens is 408 g/mol. The third-order valence-electron chi connectivity index (χ3n) is 5.63. The highest BCUT2D eigenvalue weighted by Gasteiger charge is 2.15. The maximum atomic E-state index is 13.0. The second kappa shape index (κ2) is 9.13. The molecule has 8 nitrogen and oxygen atoms in total. The zero-order valence-corrected chi connectivity index (χ0v) is 18.3. The lowest BCUT2D eigenvalue weighted by molar-refractivity contribution is -0.121. The lowest BCUT2D eigenvalue weighted by atomic mass is 10.0. The van der Waals surface area contributed by atoms with Gasteiger partial charge >= 0.3 is 0 Å². The first-order chi connectivity index (χ1) is 15.5. The van der Waals surface area contributed by atoms with E-state index in [1.807, 2.05) is 30.3 Å². The van der Waals surface area contributed by atoms with Gasteiger partial charge in [0.05, 0.1) is 26.1 Å². The van der Waals surface area contributed by atoms with Crippen molar-refractivity contribution in [2.75, 3.05) is 20.8 Å². The molecule has 0 unspecified atom stereocenters. The minimum atomic E-state index is -0.227. The van der Waals surface area contributed by atoms with Crippen LogP contribution in [-0.4, -0.2) is 41.2 Å². The number of amides is 1. The fraction of sp³-hybridized carbons (Fsp3) is 0.292. The second-order valence-electron chi connectivity index (χ2n) is 7.71. The number of fused-ring (bicyclic) bond motifs is 3. The third-order valence-corrected chi connectivity index (χ3v) is 5.63. The average Bonchev–Trinajstić information content (AvgIpc) is 3.20. The molecule has 0 saturated carbocycles. The number of nitrogens with one attached hydrogen (secondary N) is 2. The molecule has 8 heteroatoms. The van der Waals surface area contributed by atoms with E-state index in [1.54, 1.807) is 26.4 Å². The highest BCUT2D eigenvalue weighted by atomic mass is 16.5. The normalized spacial score (nSPS) is 12.1. The van der Waals surface area contributed by atoms with Gasteiger partial charge in [0.2, 0.25) is 5.91 Å². The Hall–Kier alpha value is -3.81. The van der Waals surface area contributed by atoms with E-state index in [1.165, 1.54) is 16.5 Å². The first-order valence-electron chi connectivity index (χ1n) is 10.5. The number of hydrogen-bond acceptors (Lipinski definition) is 5. The number of hydrogen-bond donors (Lipinski definition) is 2. The molecule has 2 aromatic carbocycles. The van der Waals surface area contributed by atoms with E-state index in [0.717, 1.165) is 10.9 Å². The van der Waals surface area contributed by atoms with Crippen LogP contribution >= 0.6 is 0 Å². The Morgan fingerprint density at radius 2 is 1.88 bits per heavy atom. The monoisotopic (exact) mass is 434 g/mol. The molecule has 4 aromatic rings. The Balaban J connectivity index is 1.47. The number of methoxy groups -OCH3 is 2. The Labute approximate surface area is 185 Å². The predicted molar refractivity (Wildman–Crippen MR) is 123 cm³/mol. The summed E-state index contributed by atoms with van der Waals surface area (Å²) in [4.78, 5) is 32.9. The van der Waals surface area contributed by atoms with Gasteiger partial charge in [-0.25, -0.2) is 4.98 Å². The summed E-state index contributed by atoms with van der Waals surface area (Å²) in [6.45, 7) is 2.86. The number of aryl methyl sites for hydroxylation is 1. The Morgan fingerprint density at radius 1 is 1.16 bits per heavy atom. The lowest BCUT2D eigenvalue weighted by Crippen LogP contribution is -2.30. The SMILES string of the molecule is COc1cc2[nH]c3c(=O)n(CCC(=O)NC[C@H](C)c4ccccc4)cnc3c2cc1OC. The fourth-order valence-corrected chi connectivity index (χ4v) is 3.76. The summed E-state index contributed by atoms with van der Waals surface area (Å²) < 4.78 is 12.1. The molecule has 2 heterocycles. The van der Waals surface area contributed by atoms with Crippen LogP contribution in [0, 0.1) is 0 Å². The van der Waals surface area contributed by atoms with Crippen LogP contribution in [0.4, 0.5) is 0 Å². The average molecular weight is 434 g/mol. The van der Waals surface area contributed by atoms with Crippen molar-refractivity contribution in [3.8, 4) is 11.5 Å². The van der Waals surface area contributed by atoms with Crippen molar-refractivity contribution in [1.29, 1.82) is 0 Å². The molecule has 0 aliphatic carbocycles. The van der Waals surface area contributed by atoms with Crippen LogP contribution in [0.15, 0.2) is 53.6 Å². The number of carbonyl (C=O) groups excluding carboxylic acids is 1. The summed E-state index contributed by atoms with van der Waals surface area (Å²) in [7, 11) is 3.12. The first-order valence-corrected chi connectivity index (χ1v) is 10.5. The van der Waals surface area contributed by atoms with Crippen LogP contribution in [0.3, 0.4) is 0 Å².